The lowest BCUT2D eigenvalue weighted by molar-refractivity contribution is -0.143. The normalized spacial score (nSPS) is 13.9. The monoisotopic (exact) mass is 1610 g/mol. The van der Waals surface area contributed by atoms with Crippen LogP contribution < -0.4 is 60.3 Å². The van der Waals surface area contributed by atoms with Crippen molar-refractivity contribution in [2.45, 2.75) is 209 Å². The second-order valence-electron chi connectivity index (χ2n) is 30.3. The summed E-state index contributed by atoms with van der Waals surface area (Å²) in [4.78, 5) is 114. The number of carbonyl (C=O) groups is 9. The average molecular weight is 1620 g/mol. The molecule has 2 saturated carbocycles. The molecular formula is C86H126N12O18. The van der Waals surface area contributed by atoms with Gasteiger partial charge in [0.2, 0.25) is 17.7 Å². The first-order valence-electron chi connectivity index (χ1n) is 40.6. The highest BCUT2D eigenvalue weighted by molar-refractivity contribution is 6.00. The second kappa shape index (κ2) is 48.0. The smallest absolute Gasteiger partial charge is 0.325 e. The van der Waals surface area contributed by atoms with Crippen molar-refractivity contribution < 1.29 is 85.8 Å². The van der Waals surface area contributed by atoms with Crippen molar-refractivity contribution >= 4 is 53.4 Å². The number of aromatic nitrogens is 6. The highest BCUT2D eigenvalue weighted by Gasteiger charge is 2.34. The molecular weight excluding hydrogens is 1490 g/mol. The van der Waals surface area contributed by atoms with E-state index in [9.17, 15) is 43.2 Å². The zero-order valence-corrected chi connectivity index (χ0v) is 71.3. The van der Waals surface area contributed by atoms with Gasteiger partial charge in [0.05, 0.1) is 110 Å². The van der Waals surface area contributed by atoms with Crippen molar-refractivity contribution in [3.63, 3.8) is 0 Å². The molecule has 2 aliphatic carbocycles. The van der Waals surface area contributed by atoms with Crippen LogP contribution in [0.25, 0.3) is 33.8 Å². The third-order valence-corrected chi connectivity index (χ3v) is 20.9. The number of amides is 6. The number of carbonyl (C=O) groups excluding carboxylic acids is 9. The Kier molecular flexibility index (Phi) is 39.0. The van der Waals surface area contributed by atoms with Crippen molar-refractivity contribution in [2.75, 3.05) is 83.1 Å². The number of methoxy groups -OCH3 is 8. The molecule has 0 bridgehead atoms. The highest BCUT2D eigenvalue weighted by atomic mass is 16.5. The molecule has 0 radical (unpaired) electrons. The van der Waals surface area contributed by atoms with Gasteiger partial charge in [-0.05, 0) is 123 Å². The molecule has 638 valence electrons. The summed E-state index contributed by atoms with van der Waals surface area (Å²) < 4.78 is 53.3. The summed E-state index contributed by atoms with van der Waals surface area (Å²) in [5, 5.41) is 30.5. The summed E-state index contributed by atoms with van der Waals surface area (Å²) in [5.74, 6) is 1.15. The largest absolute Gasteiger partial charge is 0.496 e. The van der Waals surface area contributed by atoms with Crippen LogP contribution in [-0.4, -0.2) is 184 Å². The fourth-order valence-electron chi connectivity index (χ4n) is 14.2. The van der Waals surface area contributed by atoms with E-state index >= 15 is 0 Å². The van der Waals surface area contributed by atoms with Gasteiger partial charge >= 0.3 is 17.9 Å². The van der Waals surface area contributed by atoms with E-state index in [1.165, 1.54) is 27.1 Å². The van der Waals surface area contributed by atoms with E-state index in [4.69, 9.17) is 38.3 Å². The van der Waals surface area contributed by atoms with Gasteiger partial charge in [0.15, 0.2) is 17.1 Å². The van der Waals surface area contributed by atoms with Gasteiger partial charge in [0.1, 0.15) is 65.7 Å². The van der Waals surface area contributed by atoms with Crippen LogP contribution in [0, 0.1) is 35.5 Å². The van der Waals surface area contributed by atoms with Crippen molar-refractivity contribution in [1.29, 1.82) is 0 Å². The maximum atomic E-state index is 13.6. The Balaban J connectivity index is 0.000000270. The number of benzene rings is 3. The van der Waals surface area contributed by atoms with Crippen LogP contribution in [0.5, 0.6) is 34.5 Å². The van der Waals surface area contributed by atoms with E-state index in [0.717, 1.165) is 64.2 Å². The fraction of sp³-hybridized carbons (Fsp3) is 0.581. The molecule has 30 nitrogen and oxygen atoms in total. The molecule has 3 aromatic heterocycles. The van der Waals surface area contributed by atoms with Crippen molar-refractivity contribution in [2.24, 2.45) is 35.5 Å². The Morgan fingerprint density at radius 1 is 0.440 bits per heavy atom. The molecule has 3 aromatic carbocycles. The van der Waals surface area contributed by atoms with E-state index in [2.05, 4.69) is 93.1 Å². The summed E-state index contributed by atoms with van der Waals surface area (Å²) in [5.41, 5.74) is 4.69. The van der Waals surface area contributed by atoms with Crippen LogP contribution in [0.4, 0.5) is 0 Å². The first kappa shape index (κ1) is 94.2. The summed E-state index contributed by atoms with van der Waals surface area (Å²) in [6.45, 7) is 21.3. The molecule has 3 heterocycles. The van der Waals surface area contributed by atoms with Gasteiger partial charge in [-0.2, -0.15) is 15.3 Å². The molecule has 2 fully saturated rings. The predicted molar refractivity (Wildman–Crippen MR) is 441 cm³/mol. The van der Waals surface area contributed by atoms with Gasteiger partial charge in [-0.25, -0.2) is 0 Å². The lowest BCUT2D eigenvalue weighted by atomic mass is 9.84. The van der Waals surface area contributed by atoms with E-state index in [1.807, 2.05) is 84.7 Å². The number of nitrogens with one attached hydrogen (secondary N) is 6. The summed E-state index contributed by atoms with van der Waals surface area (Å²) >= 11 is 0. The number of hydrogen-bond donors (Lipinski definition) is 6. The predicted octanol–water partition coefficient (Wildman–Crippen LogP) is 11.9. The minimum Gasteiger partial charge on any atom is -0.496 e. The minimum absolute atomic E-state index is 0.0439. The molecule has 30 heteroatoms. The molecule has 6 aromatic rings. The Bertz CT molecular complexity index is 4100. The molecule has 4 atom stereocenters. The topological polar surface area (TPSA) is 362 Å². The quantitative estimate of drug-likeness (QED) is 0.0154. The molecule has 6 N–H and O–H groups in total. The van der Waals surface area contributed by atoms with Gasteiger partial charge in [-0.15, -0.1) is 0 Å². The van der Waals surface area contributed by atoms with Crippen LogP contribution in [-0.2, 0) is 56.1 Å². The molecule has 0 spiro atoms. The molecule has 2 aliphatic rings. The zero-order valence-electron chi connectivity index (χ0n) is 71.3. The average Bonchev–Trinajstić information content (AvgIpc) is 1.62. The Morgan fingerprint density at radius 2 is 0.802 bits per heavy atom. The fourth-order valence-corrected chi connectivity index (χ4v) is 14.2. The number of nitrogens with zero attached hydrogens (tertiary/aromatic N) is 6. The van der Waals surface area contributed by atoms with Crippen LogP contribution in [0.1, 0.15) is 209 Å². The third kappa shape index (κ3) is 27.5. The van der Waals surface area contributed by atoms with E-state index in [1.54, 1.807) is 72.5 Å². The number of esters is 3. The lowest BCUT2D eigenvalue weighted by Crippen LogP contribution is -2.49. The summed E-state index contributed by atoms with van der Waals surface area (Å²) in [7, 11) is 12.0. The van der Waals surface area contributed by atoms with Crippen molar-refractivity contribution in [1.82, 2.24) is 61.2 Å². The van der Waals surface area contributed by atoms with Crippen LogP contribution in [0.3, 0.4) is 0 Å². The summed E-state index contributed by atoms with van der Waals surface area (Å²) in [6.07, 6.45) is 14.3. The summed E-state index contributed by atoms with van der Waals surface area (Å²) in [6, 6.07) is 19.2. The SMILES string of the molecule is CCOC(=O)CCNC(=O)[C@H](CC(C)C)NC(=O)c1cc(-c2c(OC)cccc2OC)n(CC(CC)CC)n1.COC(=O)CNC(=O)[C@H](CC1CCCCC1)NC(=O)c1cc(-c2c(OC)cccc2OC)n(C(C)C(C)C)n1.COC(=O)CNC(=O)[C@H](CC1CCCCC1)NC(=O)c1cc(-c2c(OC)cccc2OC)n(CC(C)C)n1. The zero-order chi connectivity index (χ0) is 85.1. The van der Waals surface area contributed by atoms with Gasteiger partial charge in [-0.1, -0.05) is 151 Å². The van der Waals surface area contributed by atoms with Crippen LogP contribution in [0.2, 0.25) is 0 Å². The first-order chi connectivity index (χ1) is 55.6. The Hall–Kier alpha value is -10.7. The number of rotatable bonds is 40. The van der Waals surface area contributed by atoms with Gasteiger partial charge in [-0.3, -0.25) is 57.2 Å². The van der Waals surface area contributed by atoms with Crippen LogP contribution >= 0.6 is 0 Å². The maximum absolute atomic E-state index is 13.6. The number of hydrogen-bond acceptors (Lipinski definition) is 21. The Morgan fingerprint density at radius 3 is 1.16 bits per heavy atom. The van der Waals surface area contributed by atoms with Crippen molar-refractivity contribution in [3.8, 4) is 68.3 Å². The molecule has 116 heavy (non-hydrogen) atoms. The van der Waals surface area contributed by atoms with E-state index in [0.29, 0.717) is 118 Å². The molecule has 0 aliphatic heterocycles. The van der Waals surface area contributed by atoms with Crippen LogP contribution in [0.15, 0.2) is 72.8 Å². The second-order valence-corrected chi connectivity index (χ2v) is 30.3. The van der Waals surface area contributed by atoms with Gasteiger partial charge in [0, 0.05) is 19.6 Å². The highest BCUT2D eigenvalue weighted by Crippen LogP contribution is 2.43. The molecule has 8 rings (SSSR count). The van der Waals surface area contributed by atoms with E-state index < -0.39 is 59.6 Å². The lowest BCUT2D eigenvalue weighted by Gasteiger charge is -2.26. The number of ether oxygens (including phenoxy) is 9. The van der Waals surface area contributed by atoms with Crippen molar-refractivity contribution in [3.05, 3.63) is 89.9 Å². The Labute approximate surface area is 683 Å². The molecule has 1 unspecified atom stereocenters. The minimum atomic E-state index is -0.804. The molecule has 6 amide bonds. The van der Waals surface area contributed by atoms with Gasteiger partial charge < -0.3 is 74.5 Å². The first-order valence-corrected chi connectivity index (χ1v) is 40.6. The molecule has 0 saturated heterocycles. The maximum Gasteiger partial charge on any atom is 0.325 e. The van der Waals surface area contributed by atoms with E-state index in [-0.39, 0.29) is 85.4 Å². The van der Waals surface area contributed by atoms with Gasteiger partial charge in [0.25, 0.3) is 17.7 Å². The third-order valence-electron chi connectivity index (χ3n) is 20.9. The standard InChI is InChI=1S/C29H42N4O6.C29H44N4O6.C28H40N4O6/c1-18(2)19(3)33-23(27-24(37-4)13-10-14-25(27)38-5)16-22(32-33)29(36)31-21(15-20-11-8-7-9-12-20)28(35)30-17-26(34)39-6;1-8-20(9-2)18-33-23(27-24(37-6)12-11-13-25(27)38-7)17-22(32-33)29(36)31-21(16-19(4)5)28(35)30-15-14-26(34)39-10-3;1-18(2)17-32-22(26-23(36-3)12-9-13-24(26)37-4)15-21(31-32)28(35)30-20(14-19-10-7-6-8-11-19)27(34)29-16-25(33)38-5/h10,13-14,16,18-21H,7-9,11-12,15,17H2,1-6H3,(H,30,35)(H,31,36);11-13,17,19-21H,8-10,14-16,18H2,1-7H3,(H,30,35)(H,31,36);9,12-13,15,18-20H,6-8,10-11,14,16-17H2,1-5H3,(H,29,34)(H,30,35)/t19?,21-;21-;20-/m000/s1.